The predicted molar refractivity (Wildman–Crippen MR) is 72.4 cm³/mol. The molecule has 0 saturated heterocycles. The number of halogens is 1. The molecule has 4 heteroatoms. The molecule has 0 bridgehead atoms. The van der Waals surface area contributed by atoms with E-state index >= 15 is 0 Å². The third-order valence-corrected chi connectivity index (χ3v) is 2.81. The van der Waals surface area contributed by atoms with Crippen molar-refractivity contribution in [2.24, 2.45) is 5.73 Å². The quantitative estimate of drug-likeness (QED) is 0.917. The van der Waals surface area contributed by atoms with Gasteiger partial charge in [0.2, 0.25) is 0 Å². The first kappa shape index (κ1) is 12.7. The van der Waals surface area contributed by atoms with Crippen LogP contribution in [0.5, 0.6) is 17.2 Å². The first-order valence-corrected chi connectivity index (χ1v) is 5.91. The largest absolute Gasteiger partial charge is 0.497 e. The summed E-state index contributed by atoms with van der Waals surface area (Å²) < 4.78 is 10.8. The second-order valence-electron chi connectivity index (χ2n) is 3.75. The number of hydrogen-bond acceptors (Lipinski definition) is 3. The van der Waals surface area contributed by atoms with E-state index in [0.29, 0.717) is 23.1 Å². The molecular weight excluding hydrogens is 250 g/mol. The van der Waals surface area contributed by atoms with E-state index in [1.165, 1.54) is 0 Å². The molecule has 0 saturated carbocycles. The molecule has 0 radical (unpaired) electrons. The Morgan fingerprint density at radius 2 is 1.72 bits per heavy atom. The Labute approximate surface area is 111 Å². The Morgan fingerprint density at radius 3 is 2.28 bits per heavy atom. The molecule has 0 amide bonds. The molecular formula is C14H14ClNO2. The molecule has 0 spiro atoms. The minimum absolute atomic E-state index is 0.461. The first-order chi connectivity index (χ1) is 8.72. The lowest BCUT2D eigenvalue weighted by Gasteiger charge is -2.09. The van der Waals surface area contributed by atoms with E-state index < -0.39 is 0 Å². The van der Waals surface area contributed by atoms with Gasteiger partial charge in [0, 0.05) is 6.54 Å². The molecule has 2 rings (SSSR count). The summed E-state index contributed by atoms with van der Waals surface area (Å²) in [5.74, 6) is 2.10. The Bertz CT molecular complexity index is 526. The van der Waals surface area contributed by atoms with Gasteiger partial charge >= 0.3 is 0 Å². The van der Waals surface area contributed by atoms with Crippen molar-refractivity contribution >= 4 is 11.6 Å². The SMILES string of the molecule is COc1ccc(Oc2ccc(CN)cc2Cl)cc1. The number of nitrogens with two attached hydrogens (primary N) is 1. The van der Waals surface area contributed by atoms with E-state index in [2.05, 4.69) is 0 Å². The van der Waals surface area contributed by atoms with Gasteiger partial charge in [-0.2, -0.15) is 0 Å². The van der Waals surface area contributed by atoms with E-state index in [1.54, 1.807) is 13.2 Å². The van der Waals surface area contributed by atoms with Gasteiger partial charge in [-0.25, -0.2) is 0 Å². The van der Waals surface area contributed by atoms with Crippen molar-refractivity contribution in [2.45, 2.75) is 6.54 Å². The average molecular weight is 264 g/mol. The zero-order chi connectivity index (χ0) is 13.0. The molecule has 0 atom stereocenters. The highest BCUT2D eigenvalue weighted by Gasteiger charge is 2.04. The molecule has 0 unspecified atom stereocenters. The maximum Gasteiger partial charge on any atom is 0.146 e. The van der Waals surface area contributed by atoms with Crippen molar-refractivity contribution in [2.75, 3.05) is 7.11 Å². The number of benzene rings is 2. The molecule has 2 N–H and O–H groups in total. The summed E-state index contributed by atoms with van der Waals surface area (Å²) in [5.41, 5.74) is 6.51. The van der Waals surface area contributed by atoms with Crippen LogP contribution in [-0.2, 0) is 6.54 Å². The van der Waals surface area contributed by atoms with Gasteiger partial charge in [0.05, 0.1) is 12.1 Å². The molecule has 0 aliphatic carbocycles. The van der Waals surface area contributed by atoms with Crippen molar-refractivity contribution in [1.82, 2.24) is 0 Å². The third kappa shape index (κ3) is 2.94. The molecule has 94 valence electrons. The lowest BCUT2D eigenvalue weighted by atomic mass is 10.2. The van der Waals surface area contributed by atoms with Gasteiger partial charge in [0.1, 0.15) is 17.2 Å². The van der Waals surface area contributed by atoms with Crippen LogP contribution in [0.4, 0.5) is 0 Å². The van der Waals surface area contributed by atoms with Crippen molar-refractivity contribution in [3.63, 3.8) is 0 Å². The minimum Gasteiger partial charge on any atom is -0.497 e. The van der Waals surface area contributed by atoms with Gasteiger partial charge in [-0.05, 0) is 42.0 Å². The van der Waals surface area contributed by atoms with Crippen molar-refractivity contribution < 1.29 is 9.47 Å². The molecule has 3 nitrogen and oxygen atoms in total. The number of rotatable bonds is 4. The second kappa shape index (κ2) is 5.76. The van der Waals surface area contributed by atoms with Gasteiger partial charge in [-0.3, -0.25) is 0 Å². The monoisotopic (exact) mass is 263 g/mol. The summed E-state index contributed by atoms with van der Waals surface area (Å²) in [6.45, 7) is 0.461. The van der Waals surface area contributed by atoms with Crippen LogP contribution in [0, 0.1) is 0 Å². The van der Waals surface area contributed by atoms with Gasteiger partial charge in [-0.1, -0.05) is 17.7 Å². The van der Waals surface area contributed by atoms with Crippen molar-refractivity contribution in [3.05, 3.63) is 53.1 Å². The van der Waals surface area contributed by atoms with Crippen molar-refractivity contribution in [3.8, 4) is 17.2 Å². The summed E-state index contributed by atoms with van der Waals surface area (Å²) in [7, 11) is 1.62. The van der Waals surface area contributed by atoms with E-state index in [9.17, 15) is 0 Å². The molecule has 2 aromatic carbocycles. The summed E-state index contributed by atoms with van der Waals surface area (Å²) in [6, 6.07) is 12.8. The Hall–Kier alpha value is -1.71. The summed E-state index contributed by atoms with van der Waals surface area (Å²) in [4.78, 5) is 0. The highest BCUT2D eigenvalue weighted by atomic mass is 35.5. The maximum absolute atomic E-state index is 6.11. The molecule has 0 heterocycles. The number of methoxy groups -OCH3 is 1. The van der Waals surface area contributed by atoms with Gasteiger partial charge in [-0.15, -0.1) is 0 Å². The van der Waals surface area contributed by atoms with E-state index in [4.69, 9.17) is 26.8 Å². The molecule has 0 aromatic heterocycles. The highest BCUT2D eigenvalue weighted by Crippen LogP contribution is 2.30. The van der Waals surface area contributed by atoms with Gasteiger partial charge in [0.15, 0.2) is 0 Å². The zero-order valence-corrected chi connectivity index (χ0v) is 10.8. The zero-order valence-electron chi connectivity index (χ0n) is 10.0. The standard InChI is InChI=1S/C14H14ClNO2/c1-17-11-3-5-12(6-4-11)18-14-7-2-10(9-16)8-13(14)15/h2-8H,9,16H2,1H3. The maximum atomic E-state index is 6.11. The fourth-order valence-electron chi connectivity index (χ4n) is 1.52. The summed E-state index contributed by atoms with van der Waals surface area (Å²) in [6.07, 6.45) is 0. The van der Waals surface area contributed by atoms with E-state index in [1.807, 2.05) is 36.4 Å². The van der Waals surface area contributed by atoms with E-state index in [0.717, 1.165) is 11.3 Å². The fourth-order valence-corrected chi connectivity index (χ4v) is 1.77. The van der Waals surface area contributed by atoms with Crippen LogP contribution in [-0.4, -0.2) is 7.11 Å². The number of hydrogen-bond donors (Lipinski definition) is 1. The van der Waals surface area contributed by atoms with Crippen LogP contribution in [0.25, 0.3) is 0 Å². The Morgan fingerprint density at radius 1 is 1.06 bits per heavy atom. The van der Waals surface area contributed by atoms with Crippen molar-refractivity contribution in [1.29, 1.82) is 0 Å². The summed E-state index contributed by atoms with van der Waals surface area (Å²) >= 11 is 6.11. The Kier molecular flexibility index (Phi) is 4.07. The minimum atomic E-state index is 0.461. The first-order valence-electron chi connectivity index (χ1n) is 5.53. The lowest BCUT2D eigenvalue weighted by molar-refractivity contribution is 0.413. The molecule has 0 aliphatic heterocycles. The van der Waals surface area contributed by atoms with Crippen LogP contribution >= 0.6 is 11.6 Å². The van der Waals surface area contributed by atoms with Crippen LogP contribution in [0.2, 0.25) is 5.02 Å². The molecule has 18 heavy (non-hydrogen) atoms. The van der Waals surface area contributed by atoms with Crippen LogP contribution in [0.1, 0.15) is 5.56 Å². The Balaban J connectivity index is 2.17. The third-order valence-electron chi connectivity index (χ3n) is 2.52. The molecule has 2 aromatic rings. The van der Waals surface area contributed by atoms with Crippen LogP contribution in [0.15, 0.2) is 42.5 Å². The summed E-state index contributed by atoms with van der Waals surface area (Å²) in [5, 5.41) is 0.550. The second-order valence-corrected chi connectivity index (χ2v) is 4.15. The normalized spacial score (nSPS) is 10.2. The van der Waals surface area contributed by atoms with E-state index in [-0.39, 0.29) is 0 Å². The van der Waals surface area contributed by atoms with Gasteiger partial charge < -0.3 is 15.2 Å². The molecule has 0 fully saturated rings. The predicted octanol–water partition coefficient (Wildman–Crippen LogP) is 3.60. The average Bonchev–Trinajstić information content (AvgIpc) is 2.42. The topological polar surface area (TPSA) is 44.5 Å². The smallest absolute Gasteiger partial charge is 0.146 e. The van der Waals surface area contributed by atoms with Gasteiger partial charge in [0.25, 0.3) is 0 Å². The van der Waals surface area contributed by atoms with Crippen LogP contribution in [0.3, 0.4) is 0 Å². The fraction of sp³-hybridized carbons (Fsp3) is 0.143. The van der Waals surface area contributed by atoms with Crippen LogP contribution < -0.4 is 15.2 Å². The highest BCUT2D eigenvalue weighted by molar-refractivity contribution is 6.32. The molecule has 0 aliphatic rings. The lowest BCUT2D eigenvalue weighted by Crippen LogP contribution is -1.96. The number of ether oxygens (including phenoxy) is 2.